The Morgan fingerprint density at radius 2 is 1.67 bits per heavy atom. The van der Waals surface area contributed by atoms with E-state index < -0.39 is 0 Å². The summed E-state index contributed by atoms with van der Waals surface area (Å²) < 4.78 is 0. The van der Waals surface area contributed by atoms with Crippen LogP contribution in [0.2, 0.25) is 0 Å². The third-order valence-corrected chi connectivity index (χ3v) is 12.5. The first-order valence-electron chi connectivity index (χ1n) is 14.8. The first-order chi connectivity index (χ1) is 15.6. The number of carbonyl (C=O) groups is 1. The highest BCUT2D eigenvalue weighted by Crippen LogP contribution is 2.71. The molecule has 1 nitrogen and oxygen atoms in total. The van der Waals surface area contributed by atoms with Gasteiger partial charge in [0.1, 0.15) is 0 Å². The summed E-state index contributed by atoms with van der Waals surface area (Å²) in [5.74, 6) is 6.48. The van der Waals surface area contributed by atoms with Gasteiger partial charge in [-0.05, 0) is 121 Å². The number of allylic oxidation sites excluding steroid dienone is 2. The minimum atomic E-state index is 0.164. The molecule has 5 rings (SSSR count). The van der Waals surface area contributed by atoms with Crippen molar-refractivity contribution in [3.63, 3.8) is 0 Å². The number of ketones is 1. The van der Waals surface area contributed by atoms with Crippen molar-refractivity contribution in [2.45, 2.75) is 125 Å². The largest absolute Gasteiger partial charge is 0.295 e. The Morgan fingerprint density at radius 3 is 2.42 bits per heavy atom. The monoisotopic (exact) mass is 452 g/mol. The van der Waals surface area contributed by atoms with E-state index in [4.69, 9.17) is 0 Å². The van der Waals surface area contributed by atoms with Gasteiger partial charge >= 0.3 is 0 Å². The van der Waals surface area contributed by atoms with Crippen LogP contribution in [-0.2, 0) is 4.79 Å². The van der Waals surface area contributed by atoms with Crippen molar-refractivity contribution < 1.29 is 4.79 Å². The second-order valence-electron chi connectivity index (χ2n) is 14.6. The quantitative estimate of drug-likeness (QED) is 0.406. The summed E-state index contributed by atoms with van der Waals surface area (Å²) in [6.45, 7) is 15.1. The molecule has 0 aliphatic heterocycles. The molecule has 186 valence electrons. The van der Waals surface area contributed by atoms with E-state index in [1.165, 1.54) is 76.2 Å². The molecular weight excluding hydrogens is 400 g/mol. The lowest BCUT2D eigenvalue weighted by Crippen LogP contribution is -2.59. The summed E-state index contributed by atoms with van der Waals surface area (Å²) in [6.07, 6.45) is 19.7. The third kappa shape index (κ3) is 3.64. The summed E-state index contributed by atoms with van der Waals surface area (Å²) in [4.78, 5) is 13.5. The predicted molar refractivity (Wildman–Crippen MR) is 139 cm³/mol. The molecule has 0 saturated heterocycles. The van der Waals surface area contributed by atoms with Gasteiger partial charge in [0, 0.05) is 6.42 Å². The Morgan fingerprint density at radius 1 is 0.909 bits per heavy atom. The van der Waals surface area contributed by atoms with Crippen molar-refractivity contribution in [3.05, 3.63) is 11.6 Å². The molecule has 0 N–H and O–H groups in total. The number of hydrogen-bond acceptors (Lipinski definition) is 1. The molecule has 0 aromatic rings. The summed E-state index contributed by atoms with van der Waals surface area (Å²) in [5, 5.41) is 0. The first kappa shape index (κ1) is 24.1. The van der Waals surface area contributed by atoms with E-state index in [0.29, 0.717) is 11.2 Å². The van der Waals surface area contributed by atoms with E-state index in [9.17, 15) is 4.79 Å². The fourth-order valence-electron chi connectivity index (χ4n) is 11.1. The molecule has 0 aromatic carbocycles. The van der Waals surface area contributed by atoms with Crippen molar-refractivity contribution in [2.24, 2.45) is 57.7 Å². The van der Waals surface area contributed by atoms with Crippen molar-refractivity contribution >= 4 is 5.78 Å². The highest BCUT2D eigenvalue weighted by Gasteiger charge is 2.64. The zero-order valence-corrected chi connectivity index (χ0v) is 22.7. The lowest BCUT2D eigenvalue weighted by atomic mass is 9.39. The van der Waals surface area contributed by atoms with Crippen LogP contribution in [0, 0.1) is 57.7 Å². The topological polar surface area (TPSA) is 17.1 Å². The fourth-order valence-corrected chi connectivity index (χ4v) is 11.1. The summed E-state index contributed by atoms with van der Waals surface area (Å²) in [5.41, 5.74) is 2.20. The van der Waals surface area contributed by atoms with Crippen molar-refractivity contribution in [3.8, 4) is 0 Å². The van der Waals surface area contributed by atoms with Crippen LogP contribution in [0.25, 0.3) is 0 Å². The van der Waals surface area contributed by atoms with E-state index in [1.54, 1.807) is 0 Å². The van der Waals surface area contributed by atoms with Gasteiger partial charge in [0.15, 0.2) is 5.78 Å². The maximum Gasteiger partial charge on any atom is 0.159 e. The minimum Gasteiger partial charge on any atom is -0.295 e. The molecule has 33 heavy (non-hydrogen) atoms. The van der Waals surface area contributed by atoms with Crippen molar-refractivity contribution in [1.29, 1.82) is 0 Å². The summed E-state index contributed by atoms with van der Waals surface area (Å²) >= 11 is 0. The Bertz CT molecular complexity index is 792. The Balaban J connectivity index is 1.36. The lowest BCUT2D eigenvalue weighted by molar-refractivity contribution is -0.154. The molecule has 4 fully saturated rings. The molecule has 0 aromatic heterocycles. The van der Waals surface area contributed by atoms with Gasteiger partial charge in [-0.15, -0.1) is 0 Å². The van der Waals surface area contributed by atoms with E-state index >= 15 is 0 Å². The van der Waals surface area contributed by atoms with Crippen LogP contribution >= 0.6 is 0 Å². The van der Waals surface area contributed by atoms with Crippen LogP contribution in [0.5, 0.6) is 0 Å². The molecule has 5 aliphatic carbocycles. The number of Topliss-reactive ketones (excluding diaryl/α,β-unsaturated/α-hetero) is 1. The molecule has 0 heterocycles. The van der Waals surface area contributed by atoms with Gasteiger partial charge in [0.05, 0.1) is 0 Å². The van der Waals surface area contributed by atoms with Gasteiger partial charge in [-0.1, -0.05) is 66.9 Å². The van der Waals surface area contributed by atoms with Crippen LogP contribution in [0.3, 0.4) is 0 Å². The van der Waals surface area contributed by atoms with Gasteiger partial charge in [0.2, 0.25) is 0 Å². The van der Waals surface area contributed by atoms with Gasteiger partial charge in [0.25, 0.3) is 0 Å². The van der Waals surface area contributed by atoms with Gasteiger partial charge in [-0.3, -0.25) is 4.79 Å². The van der Waals surface area contributed by atoms with Gasteiger partial charge in [-0.2, -0.15) is 0 Å². The van der Waals surface area contributed by atoms with Crippen LogP contribution in [0.15, 0.2) is 11.6 Å². The van der Waals surface area contributed by atoms with E-state index in [1.807, 2.05) is 0 Å². The minimum absolute atomic E-state index is 0.164. The summed E-state index contributed by atoms with van der Waals surface area (Å²) in [7, 11) is 0. The van der Waals surface area contributed by atoms with Crippen LogP contribution < -0.4 is 0 Å². The Kier molecular flexibility index (Phi) is 6.22. The maximum atomic E-state index is 13.5. The zero-order valence-electron chi connectivity index (χ0n) is 22.7. The van der Waals surface area contributed by atoms with E-state index in [2.05, 4.69) is 47.6 Å². The van der Waals surface area contributed by atoms with E-state index in [-0.39, 0.29) is 10.8 Å². The summed E-state index contributed by atoms with van der Waals surface area (Å²) in [6, 6.07) is 0. The average Bonchev–Trinajstić information content (AvgIpc) is 3.10. The maximum absolute atomic E-state index is 13.5. The molecule has 0 radical (unpaired) electrons. The molecule has 4 saturated carbocycles. The standard InChI is InChI=1S/C32H52O/c1-21(2)10-9-11-22(3)24-14-15-25-23-13-16-29-31(5)18-8-7-12-27(31)28(33)20-32(29,6)26(23)17-19-30(24,25)4/h12,21-26,29H,7-11,13-20H2,1-6H3/t22-,23+,24-,25+,26+,29+,30-,31-,32-/m1/s1. The number of fused-ring (bicyclic) bond motifs is 7. The average molecular weight is 453 g/mol. The van der Waals surface area contributed by atoms with E-state index in [0.717, 1.165) is 54.3 Å². The molecule has 0 amide bonds. The fraction of sp³-hybridized carbons (Fsp3) is 0.906. The number of carbonyl (C=O) groups excluding carboxylic acids is 1. The van der Waals surface area contributed by atoms with Gasteiger partial charge < -0.3 is 0 Å². The Labute approximate surface area is 204 Å². The molecule has 0 spiro atoms. The first-order valence-corrected chi connectivity index (χ1v) is 14.8. The molecule has 0 bridgehead atoms. The van der Waals surface area contributed by atoms with Gasteiger partial charge in [-0.25, -0.2) is 0 Å². The second kappa shape index (κ2) is 8.51. The van der Waals surface area contributed by atoms with Crippen LogP contribution in [0.4, 0.5) is 0 Å². The van der Waals surface area contributed by atoms with Crippen molar-refractivity contribution in [2.75, 3.05) is 0 Å². The second-order valence-corrected chi connectivity index (χ2v) is 14.6. The lowest BCUT2D eigenvalue weighted by Gasteiger charge is -2.65. The molecular formula is C32H52O. The highest BCUT2D eigenvalue weighted by atomic mass is 16.1. The SMILES string of the molecule is CC(C)CCC[C@@H](C)[C@H]1CC[C@H]2[C@@H]3CC[C@@H]4[C@](C)(CC(=O)C5=CCCC[C@]54C)[C@H]3CC[C@]12C. The number of rotatable bonds is 5. The number of hydrogen-bond donors (Lipinski definition) is 0. The zero-order chi connectivity index (χ0) is 23.6. The normalized spacial score (nSPS) is 47.9. The van der Waals surface area contributed by atoms with Crippen LogP contribution in [-0.4, -0.2) is 5.78 Å². The predicted octanol–water partition coefficient (Wildman–Crippen LogP) is 9.01. The van der Waals surface area contributed by atoms with Crippen molar-refractivity contribution in [1.82, 2.24) is 0 Å². The highest BCUT2D eigenvalue weighted by molar-refractivity contribution is 5.98. The molecule has 1 heteroatoms. The smallest absolute Gasteiger partial charge is 0.159 e. The molecule has 5 aliphatic rings. The molecule has 0 unspecified atom stereocenters. The third-order valence-electron chi connectivity index (χ3n) is 12.5. The molecule has 9 atom stereocenters. The van der Waals surface area contributed by atoms with Crippen LogP contribution in [0.1, 0.15) is 125 Å². The Hall–Kier alpha value is -0.590.